The molecule has 0 atom stereocenters. The summed E-state index contributed by atoms with van der Waals surface area (Å²) in [4.78, 5) is 27.7. The molecular formula is C28H16Cl2O2S. The number of carbonyl (C=O) groups is 2. The number of ketones is 2. The molecule has 4 aromatic carbocycles. The van der Waals surface area contributed by atoms with Crippen molar-refractivity contribution in [3.05, 3.63) is 127 Å². The molecule has 0 amide bonds. The minimum atomic E-state index is -0.160. The lowest BCUT2D eigenvalue weighted by Crippen LogP contribution is -2.04. The van der Waals surface area contributed by atoms with Gasteiger partial charge in [0.2, 0.25) is 0 Å². The first-order valence-electron chi connectivity index (χ1n) is 10.2. The Bertz CT molecular complexity index is 1350. The first kappa shape index (κ1) is 21.7. The van der Waals surface area contributed by atoms with E-state index < -0.39 is 0 Å². The summed E-state index contributed by atoms with van der Waals surface area (Å²) in [7, 11) is 0. The third kappa shape index (κ3) is 4.53. The number of rotatable bonds is 4. The van der Waals surface area contributed by atoms with Crippen LogP contribution in [0, 0.1) is 0 Å². The maximum atomic E-state index is 13.4. The summed E-state index contributed by atoms with van der Waals surface area (Å²) in [6.07, 6.45) is 3.73. The fraction of sp³-hybridized carbons (Fsp3) is 0. The molecule has 33 heavy (non-hydrogen) atoms. The van der Waals surface area contributed by atoms with Gasteiger partial charge in [-0.25, -0.2) is 0 Å². The van der Waals surface area contributed by atoms with Crippen LogP contribution in [0.25, 0.3) is 22.9 Å². The largest absolute Gasteiger partial charge is 0.288 e. The average molecular weight is 487 g/mol. The van der Waals surface area contributed by atoms with Crippen molar-refractivity contribution in [3.63, 3.8) is 0 Å². The van der Waals surface area contributed by atoms with E-state index in [0.717, 1.165) is 21.9 Å². The summed E-state index contributed by atoms with van der Waals surface area (Å²) in [5.74, 6) is -0.319. The van der Waals surface area contributed by atoms with Crippen molar-refractivity contribution in [1.82, 2.24) is 0 Å². The number of halogens is 2. The van der Waals surface area contributed by atoms with Crippen molar-refractivity contribution in [2.45, 2.75) is 0 Å². The average Bonchev–Trinajstić information content (AvgIpc) is 3.02. The van der Waals surface area contributed by atoms with Gasteiger partial charge in [0, 0.05) is 21.2 Å². The number of Topliss-reactive ketones (excluding diaryl/α,β-unsaturated/α-hetero) is 2. The Morgan fingerprint density at radius 1 is 0.576 bits per heavy atom. The van der Waals surface area contributed by atoms with E-state index in [-0.39, 0.29) is 11.6 Å². The Balaban J connectivity index is 1.65. The highest BCUT2D eigenvalue weighted by Gasteiger charge is 2.23. The van der Waals surface area contributed by atoms with Crippen molar-refractivity contribution in [2.24, 2.45) is 0 Å². The van der Waals surface area contributed by atoms with E-state index in [1.807, 2.05) is 48.6 Å². The monoisotopic (exact) mass is 486 g/mol. The molecule has 5 rings (SSSR count). The summed E-state index contributed by atoms with van der Waals surface area (Å²) in [5, 5.41) is 3.25. The van der Waals surface area contributed by atoms with E-state index in [9.17, 15) is 9.59 Å². The van der Waals surface area contributed by atoms with E-state index in [4.69, 9.17) is 23.2 Å². The van der Waals surface area contributed by atoms with Gasteiger partial charge in [0.05, 0.1) is 9.81 Å². The Hall–Kier alpha value is -3.11. The van der Waals surface area contributed by atoms with Crippen LogP contribution in [-0.4, -0.2) is 11.6 Å². The molecule has 2 nitrogen and oxygen atoms in total. The molecule has 0 fully saturated rings. The summed E-state index contributed by atoms with van der Waals surface area (Å²) in [6.45, 7) is 0. The van der Waals surface area contributed by atoms with E-state index in [1.54, 1.807) is 48.5 Å². The molecule has 0 radical (unpaired) electrons. The van der Waals surface area contributed by atoms with Crippen molar-refractivity contribution in [3.8, 4) is 0 Å². The molecule has 0 unspecified atom stereocenters. The fourth-order valence-electron chi connectivity index (χ4n) is 3.70. The van der Waals surface area contributed by atoms with Crippen LogP contribution in [0.1, 0.15) is 31.8 Å². The molecule has 0 spiro atoms. The van der Waals surface area contributed by atoms with Gasteiger partial charge in [-0.15, -0.1) is 0 Å². The number of carbonyl (C=O) groups excluding carboxylic acids is 2. The molecule has 1 heterocycles. The zero-order chi connectivity index (χ0) is 22.9. The van der Waals surface area contributed by atoms with Crippen LogP contribution < -0.4 is 0 Å². The molecule has 5 heteroatoms. The second kappa shape index (κ2) is 9.03. The normalized spacial score (nSPS) is 13.0. The number of allylic oxidation sites excluding steroid dienone is 2. The summed E-state index contributed by atoms with van der Waals surface area (Å²) >= 11 is 13.2. The Labute approximate surface area is 205 Å². The van der Waals surface area contributed by atoms with Gasteiger partial charge in [-0.1, -0.05) is 59.2 Å². The van der Waals surface area contributed by atoms with Crippen LogP contribution >= 0.6 is 35.0 Å². The van der Waals surface area contributed by atoms with Gasteiger partial charge in [0.15, 0.2) is 11.6 Å². The second-order valence-corrected chi connectivity index (χ2v) is 9.58. The van der Waals surface area contributed by atoms with Gasteiger partial charge in [0.25, 0.3) is 0 Å². The fourth-order valence-corrected chi connectivity index (χ4v) is 4.98. The zero-order valence-electron chi connectivity index (χ0n) is 17.2. The first-order chi connectivity index (χ1) is 16.0. The molecule has 0 bridgehead atoms. The predicted octanol–water partition coefficient (Wildman–Crippen LogP) is 8.34. The van der Waals surface area contributed by atoms with Gasteiger partial charge in [0.1, 0.15) is 0 Å². The molecule has 0 aromatic heterocycles. The van der Waals surface area contributed by atoms with Crippen molar-refractivity contribution in [2.75, 3.05) is 0 Å². The Kier molecular flexibility index (Phi) is 5.94. The van der Waals surface area contributed by atoms with Gasteiger partial charge in [-0.2, -0.15) is 0 Å². The number of fused-ring (bicyclic) bond motifs is 2. The SMILES string of the molecule is O=C(C1=Cc2cc3ccccc3cc2C=C(C(=O)c2ccc(Cl)cc2)S1)c1ccc(Cl)cc1. The van der Waals surface area contributed by atoms with Crippen LogP contribution in [0.4, 0.5) is 0 Å². The van der Waals surface area contributed by atoms with Crippen LogP contribution in [0.2, 0.25) is 10.0 Å². The van der Waals surface area contributed by atoms with E-state index >= 15 is 0 Å². The first-order valence-corrected chi connectivity index (χ1v) is 11.8. The van der Waals surface area contributed by atoms with Gasteiger partial charge in [-0.3, -0.25) is 9.59 Å². The molecular weight excluding hydrogens is 471 g/mol. The highest BCUT2D eigenvalue weighted by Crippen LogP contribution is 2.38. The standard InChI is InChI=1S/C28H16Cl2O2S/c29-23-9-5-17(6-10-23)27(31)25-15-21-13-19-3-1-2-4-20(19)14-22(21)16-26(33-25)28(32)18-7-11-24(30)12-8-18/h1-16H. The topological polar surface area (TPSA) is 34.1 Å². The van der Waals surface area contributed by atoms with Crippen molar-refractivity contribution < 1.29 is 9.59 Å². The van der Waals surface area contributed by atoms with Crippen LogP contribution in [0.5, 0.6) is 0 Å². The van der Waals surface area contributed by atoms with E-state index in [2.05, 4.69) is 0 Å². The molecule has 160 valence electrons. The predicted molar refractivity (Wildman–Crippen MR) is 139 cm³/mol. The maximum absolute atomic E-state index is 13.4. The highest BCUT2D eigenvalue weighted by atomic mass is 35.5. The van der Waals surface area contributed by atoms with Gasteiger partial charge < -0.3 is 0 Å². The van der Waals surface area contributed by atoms with Crippen molar-refractivity contribution in [1.29, 1.82) is 0 Å². The minimum Gasteiger partial charge on any atom is -0.288 e. The lowest BCUT2D eigenvalue weighted by Gasteiger charge is -2.08. The Morgan fingerprint density at radius 3 is 1.36 bits per heavy atom. The molecule has 1 aliphatic rings. The van der Waals surface area contributed by atoms with E-state index in [1.165, 1.54) is 11.8 Å². The third-order valence-corrected chi connectivity index (χ3v) is 6.96. The molecule has 0 aliphatic carbocycles. The number of benzene rings is 4. The molecule has 1 aliphatic heterocycles. The van der Waals surface area contributed by atoms with Crippen LogP contribution in [0.15, 0.2) is 94.7 Å². The summed E-state index contributed by atoms with van der Waals surface area (Å²) in [5.41, 5.74) is 2.80. The number of thioether (sulfide) groups is 1. The number of hydrogen-bond acceptors (Lipinski definition) is 3. The summed E-state index contributed by atoms with van der Waals surface area (Å²) < 4.78 is 0. The molecule has 4 aromatic rings. The number of hydrogen-bond donors (Lipinski definition) is 0. The highest BCUT2D eigenvalue weighted by molar-refractivity contribution is 8.08. The third-order valence-electron chi connectivity index (χ3n) is 5.40. The molecule has 0 saturated carbocycles. The van der Waals surface area contributed by atoms with Crippen LogP contribution in [0.3, 0.4) is 0 Å². The minimum absolute atomic E-state index is 0.160. The lowest BCUT2D eigenvalue weighted by atomic mass is 9.98. The second-order valence-electron chi connectivity index (χ2n) is 7.62. The van der Waals surface area contributed by atoms with Gasteiger partial charge in [-0.05, 0) is 94.7 Å². The zero-order valence-corrected chi connectivity index (χ0v) is 19.5. The Morgan fingerprint density at radius 2 is 0.970 bits per heavy atom. The summed E-state index contributed by atoms with van der Waals surface area (Å²) in [6, 6.07) is 25.7. The molecule has 0 N–H and O–H groups in total. The van der Waals surface area contributed by atoms with E-state index in [0.29, 0.717) is 31.0 Å². The molecule has 0 saturated heterocycles. The lowest BCUT2D eigenvalue weighted by molar-refractivity contribution is 0.103. The van der Waals surface area contributed by atoms with Gasteiger partial charge >= 0.3 is 0 Å². The van der Waals surface area contributed by atoms with Crippen molar-refractivity contribution >= 4 is 69.5 Å². The van der Waals surface area contributed by atoms with Crippen LogP contribution in [-0.2, 0) is 0 Å². The maximum Gasteiger partial charge on any atom is 0.199 e. The quantitative estimate of drug-likeness (QED) is 0.271. The smallest absolute Gasteiger partial charge is 0.199 e.